The van der Waals surface area contributed by atoms with Gasteiger partial charge in [-0.3, -0.25) is 4.79 Å². The molecule has 2 rings (SSSR count). The molecule has 0 saturated carbocycles. The summed E-state index contributed by atoms with van der Waals surface area (Å²) in [5.41, 5.74) is 8.24. The molecule has 0 amide bonds. The molecule has 4 nitrogen and oxygen atoms in total. The summed E-state index contributed by atoms with van der Waals surface area (Å²) in [4.78, 5) is 11.6. The molecular weight excluding hydrogens is 178 g/mol. The van der Waals surface area contributed by atoms with Gasteiger partial charge in [-0.1, -0.05) is 0 Å². The van der Waals surface area contributed by atoms with Crippen LogP contribution in [-0.2, 0) is 19.9 Å². The SMILES string of the molecule is Cn1c2c(cc(N)c1=O)CCNCC2. The van der Waals surface area contributed by atoms with Crippen molar-refractivity contribution in [2.75, 3.05) is 18.8 Å². The summed E-state index contributed by atoms with van der Waals surface area (Å²) >= 11 is 0. The number of aromatic nitrogens is 1. The molecule has 0 spiro atoms. The van der Waals surface area contributed by atoms with Crippen LogP contribution in [0.1, 0.15) is 11.3 Å². The number of nitrogens with two attached hydrogens (primary N) is 1. The largest absolute Gasteiger partial charge is 0.394 e. The fraction of sp³-hybridized carbons (Fsp3) is 0.500. The highest BCUT2D eigenvalue weighted by Crippen LogP contribution is 2.12. The summed E-state index contributed by atoms with van der Waals surface area (Å²) in [7, 11) is 1.79. The lowest BCUT2D eigenvalue weighted by Crippen LogP contribution is -2.25. The smallest absolute Gasteiger partial charge is 0.273 e. The molecule has 4 heteroatoms. The van der Waals surface area contributed by atoms with Crippen molar-refractivity contribution in [3.63, 3.8) is 0 Å². The molecule has 3 N–H and O–H groups in total. The molecule has 0 aromatic carbocycles. The van der Waals surface area contributed by atoms with Gasteiger partial charge in [-0.25, -0.2) is 0 Å². The highest BCUT2D eigenvalue weighted by molar-refractivity contribution is 5.41. The topological polar surface area (TPSA) is 60.0 Å². The number of nitrogen functional groups attached to an aromatic ring is 1. The molecule has 0 radical (unpaired) electrons. The molecule has 1 aromatic rings. The van der Waals surface area contributed by atoms with Crippen molar-refractivity contribution >= 4 is 5.69 Å². The maximum atomic E-state index is 11.6. The van der Waals surface area contributed by atoms with Gasteiger partial charge in [0.1, 0.15) is 0 Å². The van der Waals surface area contributed by atoms with E-state index < -0.39 is 0 Å². The van der Waals surface area contributed by atoms with Crippen molar-refractivity contribution < 1.29 is 0 Å². The standard InChI is InChI=1S/C10H15N3O/c1-13-9-3-5-12-4-2-7(9)6-8(11)10(13)14/h6,12H,2-5,11H2,1H3. The Labute approximate surface area is 82.7 Å². The van der Waals surface area contributed by atoms with Gasteiger partial charge >= 0.3 is 0 Å². The first-order valence-electron chi connectivity index (χ1n) is 4.88. The zero-order chi connectivity index (χ0) is 10.1. The van der Waals surface area contributed by atoms with E-state index in [1.54, 1.807) is 11.6 Å². The Balaban J connectivity index is 2.61. The van der Waals surface area contributed by atoms with Crippen LogP contribution in [0.15, 0.2) is 10.9 Å². The number of hydrogen-bond donors (Lipinski definition) is 2. The molecule has 1 aromatic heterocycles. The lowest BCUT2D eigenvalue weighted by Gasteiger charge is -2.11. The third-order valence-corrected chi connectivity index (χ3v) is 2.77. The van der Waals surface area contributed by atoms with Crippen molar-refractivity contribution in [2.45, 2.75) is 12.8 Å². The third-order valence-electron chi connectivity index (χ3n) is 2.77. The predicted octanol–water partition coefficient (Wildman–Crippen LogP) is -0.344. The van der Waals surface area contributed by atoms with Gasteiger partial charge in [0.2, 0.25) is 0 Å². The highest BCUT2D eigenvalue weighted by Gasteiger charge is 2.12. The zero-order valence-electron chi connectivity index (χ0n) is 8.34. The number of nitrogens with one attached hydrogen (secondary N) is 1. The van der Waals surface area contributed by atoms with Crippen LogP contribution in [0.4, 0.5) is 5.69 Å². The van der Waals surface area contributed by atoms with E-state index in [1.807, 2.05) is 6.07 Å². The van der Waals surface area contributed by atoms with E-state index in [9.17, 15) is 4.79 Å². The molecular formula is C10H15N3O. The number of nitrogens with zero attached hydrogens (tertiary/aromatic N) is 1. The van der Waals surface area contributed by atoms with Crippen LogP contribution < -0.4 is 16.6 Å². The second kappa shape index (κ2) is 3.46. The van der Waals surface area contributed by atoms with E-state index in [1.165, 1.54) is 5.56 Å². The lowest BCUT2D eigenvalue weighted by molar-refractivity contribution is 0.694. The van der Waals surface area contributed by atoms with Gasteiger partial charge in [-0.05, 0) is 24.6 Å². The Hall–Kier alpha value is -1.29. The predicted molar refractivity (Wildman–Crippen MR) is 56.4 cm³/mol. The minimum Gasteiger partial charge on any atom is -0.394 e. The maximum Gasteiger partial charge on any atom is 0.273 e. The van der Waals surface area contributed by atoms with Gasteiger partial charge in [-0.2, -0.15) is 0 Å². The van der Waals surface area contributed by atoms with Gasteiger partial charge in [0.05, 0.1) is 5.69 Å². The Morgan fingerprint density at radius 1 is 1.43 bits per heavy atom. The molecule has 0 aliphatic carbocycles. The van der Waals surface area contributed by atoms with E-state index in [-0.39, 0.29) is 5.56 Å². The third kappa shape index (κ3) is 1.42. The van der Waals surface area contributed by atoms with Gasteiger partial charge in [-0.15, -0.1) is 0 Å². The summed E-state index contributed by atoms with van der Waals surface area (Å²) in [6, 6.07) is 1.82. The fourth-order valence-electron chi connectivity index (χ4n) is 1.96. The van der Waals surface area contributed by atoms with Gasteiger partial charge in [0.25, 0.3) is 5.56 Å². The first kappa shape index (κ1) is 9.27. The Morgan fingerprint density at radius 2 is 2.14 bits per heavy atom. The molecule has 0 unspecified atom stereocenters. The Kier molecular flexibility index (Phi) is 2.29. The number of anilines is 1. The van der Waals surface area contributed by atoms with Crippen LogP contribution >= 0.6 is 0 Å². The molecule has 0 saturated heterocycles. The summed E-state index contributed by atoms with van der Waals surface area (Å²) in [6.07, 6.45) is 1.86. The highest BCUT2D eigenvalue weighted by atomic mass is 16.1. The first-order valence-corrected chi connectivity index (χ1v) is 4.88. The summed E-state index contributed by atoms with van der Waals surface area (Å²) in [6.45, 7) is 1.90. The van der Waals surface area contributed by atoms with Crippen molar-refractivity contribution in [2.24, 2.45) is 7.05 Å². The van der Waals surface area contributed by atoms with Crippen molar-refractivity contribution in [3.05, 3.63) is 27.7 Å². The zero-order valence-corrected chi connectivity index (χ0v) is 8.34. The average Bonchev–Trinajstić information content (AvgIpc) is 2.39. The Bertz CT molecular complexity index is 409. The second-order valence-electron chi connectivity index (χ2n) is 3.69. The van der Waals surface area contributed by atoms with Crippen LogP contribution in [0.2, 0.25) is 0 Å². The summed E-state index contributed by atoms with van der Waals surface area (Å²) in [5.74, 6) is 0. The minimum atomic E-state index is -0.0781. The van der Waals surface area contributed by atoms with E-state index in [0.717, 1.165) is 31.6 Å². The van der Waals surface area contributed by atoms with E-state index >= 15 is 0 Å². The summed E-state index contributed by atoms with van der Waals surface area (Å²) in [5, 5.41) is 3.30. The number of pyridine rings is 1. The van der Waals surface area contributed by atoms with Gasteiger partial charge < -0.3 is 15.6 Å². The normalized spacial score (nSPS) is 16.1. The van der Waals surface area contributed by atoms with Crippen LogP contribution in [0.5, 0.6) is 0 Å². The van der Waals surface area contributed by atoms with E-state index in [2.05, 4.69) is 5.32 Å². The van der Waals surface area contributed by atoms with Crippen molar-refractivity contribution in [3.8, 4) is 0 Å². The number of hydrogen-bond acceptors (Lipinski definition) is 3. The van der Waals surface area contributed by atoms with Gasteiger partial charge in [0, 0.05) is 25.7 Å². The average molecular weight is 193 g/mol. The number of fused-ring (bicyclic) bond motifs is 1. The lowest BCUT2D eigenvalue weighted by atomic mass is 10.1. The van der Waals surface area contributed by atoms with Crippen LogP contribution in [0.25, 0.3) is 0 Å². The summed E-state index contributed by atoms with van der Waals surface area (Å²) < 4.78 is 1.68. The van der Waals surface area contributed by atoms with Crippen LogP contribution in [-0.4, -0.2) is 17.7 Å². The fourth-order valence-corrected chi connectivity index (χ4v) is 1.96. The van der Waals surface area contributed by atoms with Crippen LogP contribution in [0.3, 0.4) is 0 Å². The minimum absolute atomic E-state index is 0.0781. The number of rotatable bonds is 0. The van der Waals surface area contributed by atoms with Crippen molar-refractivity contribution in [1.29, 1.82) is 0 Å². The monoisotopic (exact) mass is 193 g/mol. The molecule has 1 aliphatic heterocycles. The van der Waals surface area contributed by atoms with E-state index in [0.29, 0.717) is 5.69 Å². The van der Waals surface area contributed by atoms with Gasteiger partial charge in [0.15, 0.2) is 0 Å². The molecule has 2 heterocycles. The Morgan fingerprint density at radius 3 is 2.93 bits per heavy atom. The van der Waals surface area contributed by atoms with E-state index in [4.69, 9.17) is 5.73 Å². The van der Waals surface area contributed by atoms with Crippen molar-refractivity contribution in [1.82, 2.24) is 9.88 Å². The maximum absolute atomic E-state index is 11.6. The molecule has 76 valence electrons. The molecule has 14 heavy (non-hydrogen) atoms. The second-order valence-corrected chi connectivity index (χ2v) is 3.69. The van der Waals surface area contributed by atoms with Crippen LogP contribution in [0, 0.1) is 0 Å². The molecule has 1 aliphatic rings. The first-order chi connectivity index (χ1) is 6.70. The molecule has 0 atom stereocenters. The quantitative estimate of drug-likeness (QED) is 0.592. The molecule has 0 bridgehead atoms. The molecule has 0 fully saturated rings.